The molecule has 1 saturated carbocycles. The lowest BCUT2D eigenvalue weighted by atomic mass is 9.93. The Morgan fingerprint density at radius 1 is 1.21 bits per heavy atom. The molecular formula is C22H29N5O. The molecule has 0 atom stereocenters. The molecule has 2 aliphatic rings. The van der Waals surface area contributed by atoms with Gasteiger partial charge >= 0.3 is 0 Å². The minimum Gasteiger partial charge on any atom is -0.345 e. The number of aliphatic imine (C=N–C) groups is 1. The third-order valence-corrected chi connectivity index (χ3v) is 5.33. The highest BCUT2D eigenvalue weighted by Gasteiger charge is 2.21. The maximum Gasteiger partial charge on any atom is 0.258 e. The largest absolute Gasteiger partial charge is 0.345 e. The van der Waals surface area contributed by atoms with Gasteiger partial charge in [-0.15, -0.1) is 0 Å². The van der Waals surface area contributed by atoms with E-state index in [1.54, 1.807) is 0 Å². The Hall–Kier alpha value is -2.47. The fourth-order valence-corrected chi connectivity index (χ4v) is 3.56. The molecule has 4 rings (SSSR count). The molecule has 1 aromatic heterocycles. The smallest absolute Gasteiger partial charge is 0.258 e. The summed E-state index contributed by atoms with van der Waals surface area (Å²) in [6.07, 6.45) is 7.12. The lowest BCUT2D eigenvalue weighted by Crippen LogP contribution is -2.42. The fraction of sp³-hybridized carbons (Fsp3) is 0.500. The lowest BCUT2D eigenvalue weighted by molar-refractivity contribution is 0.267. The molecule has 0 amide bonds. The van der Waals surface area contributed by atoms with E-state index in [1.165, 1.54) is 24.8 Å². The summed E-state index contributed by atoms with van der Waals surface area (Å²) in [5.74, 6) is 1.74. The average molecular weight is 380 g/mol. The fourth-order valence-electron chi connectivity index (χ4n) is 3.56. The van der Waals surface area contributed by atoms with Crippen molar-refractivity contribution in [3.05, 3.63) is 47.4 Å². The molecule has 6 nitrogen and oxygen atoms in total. The number of nitrogens with zero attached hydrogens (tertiary/aromatic N) is 4. The Kier molecular flexibility index (Phi) is 5.57. The van der Waals surface area contributed by atoms with E-state index in [0.717, 1.165) is 29.9 Å². The van der Waals surface area contributed by atoms with Gasteiger partial charge in [0.15, 0.2) is 0 Å². The number of hydrogen-bond acceptors (Lipinski definition) is 6. The van der Waals surface area contributed by atoms with Crippen molar-refractivity contribution < 1.29 is 4.52 Å². The third-order valence-electron chi connectivity index (χ3n) is 5.33. The summed E-state index contributed by atoms with van der Waals surface area (Å²) in [5, 5.41) is 7.74. The summed E-state index contributed by atoms with van der Waals surface area (Å²) < 4.78 is 5.51. The van der Waals surface area contributed by atoms with Gasteiger partial charge in [-0.3, -0.25) is 10.3 Å². The molecule has 6 heteroatoms. The lowest BCUT2D eigenvalue weighted by Gasteiger charge is -2.31. The van der Waals surface area contributed by atoms with Gasteiger partial charge in [-0.25, -0.2) is 0 Å². The molecule has 0 radical (unpaired) electrons. The van der Waals surface area contributed by atoms with Gasteiger partial charge in [0.05, 0.1) is 6.67 Å². The molecule has 1 aliphatic carbocycles. The van der Waals surface area contributed by atoms with Gasteiger partial charge in [0.1, 0.15) is 12.4 Å². The van der Waals surface area contributed by atoms with Crippen LogP contribution in [0.3, 0.4) is 0 Å². The Morgan fingerprint density at radius 2 is 2.00 bits per heavy atom. The second-order valence-corrected chi connectivity index (χ2v) is 8.26. The molecule has 1 aliphatic heterocycles. The van der Waals surface area contributed by atoms with Gasteiger partial charge in [-0.2, -0.15) is 4.98 Å². The van der Waals surface area contributed by atoms with Crippen LogP contribution in [0.4, 0.5) is 0 Å². The normalized spacial score (nSPS) is 17.5. The molecule has 1 fully saturated rings. The van der Waals surface area contributed by atoms with Crippen LogP contribution in [0.5, 0.6) is 0 Å². The topological polar surface area (TPSA) is 66.5 Å². The van der Waals surface area contributed by atoms with Gasteiger partial charge in [0.2, 0.25) is 5.82 Å². The van der Waals surface area contributed by atoms with E-state index in [0.29, 0.717) is 30.3 Å². The predicted molar refractivity (Wildman–Crippen MR) is 111 cm³/mol. The molecule has 0 unspecified atom stereocenters. The Labute approximate surface area is 166 Å². The summed E-state index contributed by atoms with van der Waals surface area (Å²) in [4.78, 5) is 11.5. The zero-order valence-electron chi connectivity index (χ0n) is 17.0. The summed E-state index contributed by atoms with van der Waals surface area (Å²) >= 11 is 0. The first-order chi connectivity index (χ1) is 13.6. The van der Waals surface area contributed by atoms with Crippen LogP contribution < -0.4 is 5.32 Å². The van der Waals surface area contributed by atoms with Crippen LogP contribution in [-0.4, -0.2) is 40.1 Å². The van der Waals surface area contributed by atoms with Crippen LogP contribution in [-0.2, 0) is 6.42 Å². The van der Waals surface area contributed by atoms with Gasteiger partial charge in [0, 0.05) is 17.8 Å². The van der Waals surface area contributed by atoms with Gasteiger partial charge in [-0.05, 0) is 55.4 Å². The van der Waals surface area contributed by atoms with Crippen molar-refractivity contribution in [1.29, 1.82) is 0 Å². The quantitative estimate of drug-likeness (QED) is 0.788. The van der Waals surface area contributed by atoms with E-state index in [4.69, 9.17) is 4.52 Å². The van der Waals surface area contributed by atoms with Crippen molar-refractivity contribution in [2.45, 2.75) is 52.5 Å². The van der Waals surface area contributed by atoms with E-state index in [2.05, 4.69) is 57.5 Å². The highest BCUT2D eigenvalue weighted by atomic mass is 16.5. The van der Waals surface area contributed by atoms with Crippen molar-refractivity contribution in [1.82, 2.24) is 20.4 Å². The first-order valence-corrected chi connectivity index (χ1v) is 10.2. The van der Waals surface area contributed by atoms with Gasteiger partial charge < -0.3 is 9.42 Å². The molecule has 1 aromatic carbocycles. The maximum absolute atomic E-state index is 5.51. The number of allylic oxidation sites excluding steroid dienone is 1. The van der Waals surface area contributed by atoms with E-state index in [1.807, 2.05) is 19.1 Å². The van der Waals surface area contributed by atoms with Crippen molar-refractivity contribution in [3.63, 3.8) is 0 Å². The molecular weight excluding hydrogens is 350 g/mol. The van der Waals surface area contributed by atoms with E-state index < -0.39 is 0 Å². The maximum atomic E-state index is 5.51. The van der Waals surface area contributed by atoms with Gasteiger partial charge in [-0.1, -0.05) is 37.6 Å². The van der Waals surface area contributed by atoms with Crippen LogP contribution in [0.25, 0.3) is 11.5 Å². The SMILES string of the molecule is CC1=CN(CNC2CCC2)CN=C1c1noc(-c2ccc(CC(C)C)cc2)n1. The van der Waals surface area contributed by atoms with Crippen LogP contribution in [0.15, 0.2) is 45.6 Å². The number of rotatable bonds is 7. The standard InChI is InChI=1S/C22H29N5O/c1-15(2)11-17-7-9-18(10-8-17)22-25-21(26-28-22)20-16(3)12-27(14-24-20)13-23-19-5-4-6-19/h7-10,12,15,19,23H,4-6,11,13-14H2,1-3H3. The number of aromatic nitrogens is 2. The molecule has 0 spiro atoms. The number of nitrogens with one attached hydrogen (secondary N) is 1. The molecule has 148 valence electrons. The van der Waals surface area contributed by atoms with Crippen molar-refractivity contribution in [2.75, 3.05) is 13.3 Å². The molecule has 1 N–H and O–H groups in total. The Bertz CT molecular complexity index is 861. The molecule has 2 aromatic rings. The first kappa shape index (κ1) is 18.9. The van der Waals surface area contributed by atoms with E-state index in [-0.39, 0.29) is 0 Å². The molecule has 0 bridgehead atoms. The van der Waals surface area contributed by atoms with E-state index >= 15 is 0 Å². The van der Waals surface area contributed by atoms with Crippen LogP contribution >= 0.6 is 0 Å². The Balaban J connectivity index is 1.41. The predicted octanol–water partition coefficient (Wildman–Crippen LogP) is 4.00. The molecule has 28 heavy (non-hydrogen) atoms. The minimum absolute atomic E-state index is 0.538. The number of hydrogen-bond donors (Lipinski definition) is 1. The second-order valence-electron chi connectivity index (χ2n) is 8.26. The summed E-state index contributed by atoms with van der Waals surface area (Å²) in [6, 6.07) is 9.04. The monoisotopic (exact) mass is 379 g/mol. The minimum atomic E-state index is 0.538. The highest BCUT2D eigenvalue weighted by molar-refractivity contribution is 6.10. The third kappa shape index (κ3) is 4.33. The second kappa shape index (κ2) is 8.27. The average Bonchev–Trinajstić information content (AvgIpc) is 3.10. The molecule has 2 heterocycles. The van der Waals surface area contributed by atoms with Crippen molar-refractivity contribution in [3.8, 4) is 11.5 Å². The number of benzene rings is 1. The van der Waals surface area contributed by atoms with Crippen LogP contribution in [0.2, 0.25) is 0 Å². The zero-order chi connectivity index (χ0) is 19.5. The van der Waals surface area contributed by atoms with E-state index in [9.17, 15) is 0 Å². The summed E-state index contributed by atoms with van der Waals surface area (Å²) in [6.45, 7) is 7.94. The zero-order valence-corrected chi connectivity index (χ0v) is 17.0. The van der Waals surface area contributed by atoms with Crippen LogP contribution in [0.1, 0.15) is 51.4 Å². The summed E-state index contributed by atoms with van der Waals surface area (Å²) in [5.41, 5.74) is 4.13. The van der Waals surface area contributed by atoms with Crippen molar-refractivity contribution in [2.24, 2.45) is 10.9 Å². The van der Waals surface area contributed by atoms with Crippen molar-refractivity contribution >= 4 is 5.71 Å². The first-order valence-electron chi connectivity index (χ1n) is 10.2. The molecule has 0 saturated heterocycles. The summed E-state index contributed by atoms with van der Waals surface area (Å²) in [7, 11) is 0. The highest BCUT2D eigenvalue weighted by Crippen LogP contribution is 2.22. The Morgan fingerprint density at radius 3 is 2.64 bits per heavy atom. The van der Waals surface area contributed by atoms with Gasteiger partial charge in [0.25, 0.3) is 5.89 Å². The van der Waals surface area contributed by atoms with Crippen LogP contribution in [0, 0.1) is 5.92 Å².